The lowest BCUT2D eigenvalue weighted by Crippen LogP contribution is -1.95. The Bertz CT molecular complexity index is 780. The van der Waals surface area contributed by atoms with Crippen molar-refractivity contribution in [1.29, 1.82) is 0 Å². The molecule has 3 aromatic rings. The van der Waals surface area contributed by atoms with Crippen LogP contribution in [0.3, 0.4) is 0 Å². The zero-order valence-electron chi connectivity index (χ0n) is 11.7. The van der Waals surface area contributed by atoms with Crippen LogP contribution in [0.2, 0.25) is 0 Å². The SMILES string of the molecule is CCn1cc(COc2cccc(O)c2)c2cc(F)ccc21. The van der Waals surface area contributed by atoms with Crippen LogP contribution in [0.25, 0.3) is 10.9 Å². The van der Waals surface area contributed by atoms with Gasteiger partial charge >= 0.3 is 0 Å². The molecule has 1 heterocycles. The Hall–Kier alpha value is -2.49. The third-order valence-corrected chi connectivity index (χ3v) is 3.48. The molecule has 0 unspecified atom stereocenters. The molecule has 0 fully saturated rings. The van der Waals surface area contributed by atoms with Crippen molar-refractivity contribution in [3.8, 4) is 11.5 Å². The van der Waals surface area contributed by atoms with Crippen LogP contribution in [-0.4, -0.2) is 9.67 Å². The van der Waals surface area contributed by atoms with Gasteiger partial charge in [-0.05, 0) is 37.3 Å². The predicted octanol–water partition coefficient (Wildman–Crippen LogP) is 4.08. The summed E-state index contributed by atoms with van der Waals surface area (Å²) in [5, 5.41) is 10.3. The van der Waals surface area contributed by atoms with E-state index in [-0.39, 0.29) is 11.6 Å². The molecule has 2 aromatic carbocycles. The minimum Gasteiger partial charge on any atom is -0.508 e. The lowest BCUT2D eigenvalue weighted by Gasteiger charge is -2.05. The summed E-state index contributed by atoms with van der Waals surface area (Å²) < 4.78 is 21.2. The first-order valence-corrected chi connectivity index (χ1v) is 6.86. The van der Waals surface area contributed by atoms with Crippen LogP contribution < -0.4 is 4.74 Å². The molecule has 0 radical (unpaired) electrons. The standard InChI is InChI=1S/C17H16FNO2/c1-2-19-10-12(16-8-13(18)6-7-17(16)19)11-21-15-5-3-4-14(20)9-15/h3-10,20H,2,11H2,1H3. The van der Waals surface area contributed by atoms with E-state index in [0.717, 1.165) is 23.0 Å². The number of aromatic nitrogens is 1. The summed E-state index contributed by atoms with van der Waals surface area (Å²) in [6, 6.07) is 11.4. The van der Waals surface area contributed by atoms with Gasteiger partial charge in [-0.1, -0.05) is 6.07 Å². The number of phenols is 1. The number of halogens is 1. The molecular formula is C17H16FNO2. The summed E-state index contributed by atoms with van der Waals surface area (Å²) >= 11 is 0. The number of fused-ring (bicyclic) bond motifs is 1. The molecule has 108 valence electrons. The van der Waals surface area contributed by atoms with Gasteiger partial charge in [0.1, 0.15) is 23.9 Å². The van der Waals surface area contributed by atoms with Crippen molar-refractivity contribution in [1.82, 2.24) is 4.57 Å². The van der Waals surface area contributed by atoms with Gasteiger partial charge < -0.3 is 14.4 Å². The molecule has 1 aromatic heterocycles. The molecule has 1 N–H and O–H groups in total. The average Bonchev–Trinajstić information content (AvgIpc) is 2.82. The van der Waals surface area contributed by atoms with E-state index in [1.807, 2.05) is 13.1 Å². The number of benzene rings is 2. The molecule has 3 nitrogen and oxygen atoms in total. The van der Waals surface area contributed by atoms with E-state index in [2.05, 4.69) is 4.57 Å². The highest BCUT2D eigenvalue weighted by molar-refractivity contribution is 5.84. The third kappa shape index (κ3) is 2.70. The minimum absolute atomic E-state index is 0.162. The highest BCUT2D eigenvalue weighted by Crippen LogP contribution is 2.25. The maximum Gasteiger partial charge on any atom is 0.123 e. The lowest BCUT2D eigenvalue weighted by molar-refractivity contribution is 0.305. The van der Waals surface area contributed by atoms with Crippen molar-refractivity contribution in [2.24, 2.45) is 0 Å². The smallest absolute Gasteiger partial charge is 0.123 e. The summed E-state index contributed by atoms with van der Waals surface area (Å²) in [7, 11) is 0. The van der Waals surface area contributed by atoms with Crippen molar-refractivity contribution >= 4 is 10.9 Å². The number of nitrogens with zero attached hydrogens (tertiary/aromatic N) is 1. The molecule has 0 aliphatic rings. The van der Waals surface area contributed by atoms with Crippen LogP contribution in [0.5, 0.6) is 11.5 Å². The first-order valence-electron chi connectivity index (χ1n) is 6.86. The molecule has 21 heavy (non-hydrogen) atoms. The van der Waals surface area contributed by atoms with Gasteiger partial charge in [0.15, 0.2) is 0 Å². The highest BCUT2D eigenvalue weighted by Gasteiger charge is 2.09. The summed E-state index contributed by atoms with van der Waals surface area (Å²) in [5.74, 6) is 0.494. The molecule has 0 bridgehead atoms. The Morgan fingerprint density at radius 2 is 2.05 bits per heavy atom. The molecule has 0 atom stereocenters. The average molecular weight is 285 g/mol. The van der Waals surface area contributed by atoms with Gasteiger partial charge in [-0.3, -0.25) is 0 Å². The topological polar surface area (TPSA) is 34.4 Å². The number of aryl methyl sites for hydroxylation is 1. The second-order valence-corrected chi connectivity index (χ2v) is 4.89. The van der Waals surface area contributed by atoms with Crippen LogP contribution in [0.4, 0.5) is 4.39 Å². The van der Waals surface area contributed by atoms with Gasteiger partial charge in [-0.2, -0.15) is 0 Å². The van der Waals surface area contributed by atoms with Crippen LogP contribution >= 0.6 is 0 Å². The Kier molecular flexibility index (Phi) is 3.52. The van der Waals surface area contributed by atoms with Gasteiger partial charge in [0, 0.05) is 35.3 Å². The van der Waals surface area contributed by atoms with Gasteiger partial charge in [0.25, 0.3) is 0 Å². The zero-order chi connectivity index (χ0) is 14.8. The zero-order valence-corrected chi connectivity index (χ0v) is 11.7. The van der Waals surface area contributed by atoms with Crippen molar-refractivity contribution in [3.05, 3.63) is 60.0 Å². The van der Waals surface area contributed by atoms with E-state index < -0.39 is 0 Å². The number of rotatable bonds is 4. The highest BCUT2D eigenvalue weighted by atomic mass is 19.1. The van der Waals surface area contributed by atoms with Gasteiger partial charge in [-0.15, -0.1) is 0 Å². The van der Waals surface area contributed by atoms with E-state index in [1.165, 1.54) is 12.1 Å². The Balaban J connectivity index is 1.91. The van der Waals surface area contributed by atoms with Crippen molar-refractivity contribution in [2.75, 3.05) is 0 Å². The monoisotopic (exact) mass is 285 g/mol. The summed E-state index contributed by atoms with van der Waals surface area (Å²) in [4.78, 5) is 0. The molecule has 0 saturated carbocycles. The van der Waals surface area contributed by atoms with Gasteiger partial charge in [0.05, 0.1) is 0 Å². The van der Waals surface area contributed by atoms with Crippen LogP contribution in [0, 0.1) is 5.82 Å². The van der Waals surface area contributed by atoms with Crippen LogP contribution in [-0.2, 0) is 13.2 Å². The largest absolute Gasteiger partial charge is 0.508 e. The number of phenolic OH excluding ortho intramolecular Hbond substituents is 1. The number of ether oxygens (including phenoxy) is 1. The predicted molar refractivity (Wildman–Crippen MR) is 80.0 cm³/mol. The second kappa shape index (κ2) is 5.48. The molecular weight excluding hydrogens is 269 g/mol. The first-order chi connectivity index (χ1) is 10.2. The summed E-state index contributed by atoms with van der Waals surface area (Å²) in [6.07, 6.45) is 1.98. The molecule has 0 saturated heterocycles. The quantitative estimate of drug-likeness (QED) is 0.783. The minimum atomic E-state index is -0.255. The lowest BCUT2D eigenvalue weighted by atomic mass is 10.2. The molecule has 0 spiro atoms. The molecule has 0 aliphatic carbocycles. The molecule has 3 rings (SSSR count). The fraction of sp³-hybridized carbons (Fsp3) is 0.176. The summed E-state index contributed by atoms with van der Waals surface area (Å²) in [5.41, 5.74) is 1.92. The number of aromatic hydroxyl groups is 1. The van der Waals surface area contributed by atoms with E-state index in [9.17, 15) is 9.50 Å². The maximum absolute atomic E-state index is 13.5. The summed E-state index contributed by atoms with van der Waals surface area (Å²) in [6.45, 7) is 3.19. The van der Waals surface area contributed by atoms with E-state index in [0.29, 0.717) is 12.4 Å². The van der Waals surface area contributed by atoms with Crippen LogP contribution in [0.15, 0.2) is 48.7 Å². The van der Waals surface area contributed by atoms with Crippen molar-refractivity contribution < 1.29 is 14.2 Å². The second-order valence-electron chi connectivity index (χ2n) is 4.89. The Morgan fingerprint density at radius 1 is 1.19 bits per heavy atom. The number of hydrogen-bond donors (Lipinski definition) is 1. The van der Waals surface area contributed by atoms with E-state index >= 15 is 0 Å². The van der Waals surface area contributed by atoms with Crippen molar-refractivity contribution in [3.63, 3.8) is 0 Å². The fourth-order valence-electron chi connectivity index (χ4n) is 2.45. The molecule has 4 heteroatoms. The van der Waals surface area contributed by atoms with Crippen molar-refractivity contribution in [2.45, 2.75) is 20.1 Å². The molecule has 0 aliphatic heterocycles. The Morgan fingerprint density at radius 3 is 2.81 bits per heavy atom. The first kappa shape index (κ1) is 13.5. The third-order valence-electron chi connectivity index (χ3n) is 3.48. The fourth-order valence-corrected chi connectivity index (χ4v) is 2.45. The molecule has 0 amide bonds. The Labute approximate surface area is 122 Å². The van der Waals surface area contributed by atoms with E-state index in [1.54, 1.807) is 30.3 Å². The van der Waals surface area contributed by atoms with Crippen LogP contribution in [0.1, 0.15) is 12.5 Å². The maximum atomic E-state index is 13.5. The number of hydrogen-bond acceptors (Lipinski definition) is 2. The van der Waals surface area contributed by atoms with Gasteiger partial charge in [0.2, 0.25) is 0 Å². The van der Waals surface area contributed by atoms with Gasteiger partial charge in [-0.25, -0.2) is 4.39 Å². The normalized spacial score (nSPS) is 11.0. The van der Waals surface area contributed by atoms with E-state index in [4.69, 9.17) is 4.74 Å².